The predicted octanol–water partition coefficient (Wildman–Crippen LogP) is 4.58. The van der Waals surface area contributed by atoms with E-state index >= 15 is 0 Å². The van der Waals surface area contributed by atoms with Crippen molar-refractivity contribution in [1.82, 2.24) is 10.2 Å². The zero-order valence-electron chi connectivity index (χ0n) is 13.3. The topological polar surface area (TPSA) is 15.3 Å². The Kier molecular flexibility index (Phi) is 6.90. The van der Waals surface area contributed by atoms with E-state index in [2.05, 4.69) is 60.6 Å². The average molecular weight is 323 g/mol. The van der Waals surface area contributed by atoms with Gasteiger partial charge in [-0.15, -0.1) is 22.7 Å². The summed E-state index contributed by atoms with van der Waals surface area (Å²) in [4.78, 5) is 6.86. The van der Waals surface area contributed by atoms with E-state index in [1.807, 2.05) is 22.7 Å². The second-order valence-corrected chi connectivity index (χ2v) is 8.06. The predicted molar refractivity (Wildman–Crippen MR) is 95.0 cm³/mol. The molecule has 0 bridgehead atoms. The maximum absolute atomic E-state index is 3.52. The lowest BCUT2D eigenvalue weighted by molar-refractivity contribution is 0.276. The molecule has 0 aliphatic heterocycles. The van der Waals surface area contributed by atoms with Gasteiger partial charge in [0.2, 0.25) is 0 Å². The van der Waals surface area contributed by atoms with Crippen molar-refractivity contribution in [3.8, 4) is 0 Å². The van der Waals surface area contributed by atoms with Crippen LogP contribution in [-0.2, 0) is 19.6 Å². The van der Waals surface area contributed by atoms with Crippen LogP contribution in [0.25, 0.3) is 0 Å². The number of nitrogens with zero attached hydrogens (tertiary/aromatic N) is 1. The molecule has 0 spiro atoms. The summed E-state index contributed by atoms with van der Waals surface area (Å²) in [5, 5.41) is 5.68. The Morgan fingerprint density at radius 1 is 1.10 bits per heavy atom. The van der Waals surface area contributed by atoms with Crippen molar-refractivity contribution in [3.63, 3.8) is 0 Å². The Labute approximate surface area is 136 Å². The molecular formula is C17H26N2S2. The zero-order valence-corrected chi connectivity index (χ0v) is 14.9. The maximum Gasteiger partial charge on any atom is 0.0331 e. The lowest BCUT2D eigenvalue weighted by Gasteiger charge is -2.18. The van der Waals surface area contributed by atoms with Gasteiger partial charge in [-0.1, -0.05) is 26.8 Å². The zero-order chi connectivity index (χ0) is 15.1. The normalized spacial score (nSPS) is 11.7. The van der Waals surface area contributed by atoms with Crippen molar-refractivity contribution < 1.29 is 0 Å². The first-order valence-electron chi connectivity index (χ1n) is 7.70. The summed E-state index contributed by atoms with van der Waals surface area (Å²) in [6.45, 7) is 12.0. The number of nitrogens with one attached hydrogen (secondary N) is 1. The molecule has 2 nitrogen and oxygen atoms in total. The third-order valence-electron chi connectivity index (χ3n) is 3.36. The smallest absolute Gasteiger partial charge is 0.0331 e. The highest BCUT2D eigenvalue weighted by Gasteiger charge is 2.08. The molecule has 0 aliphatic rings. The van der Waals surface area contributed by atoms with Crippen LogP contribution < -0.4 is 5.32 Å². The summed E-state index contributed by atoms with van der Waals surface area (Å²) in [6, 6.07) is 8.92. The van der Waals surface area contributed by atoms with Crippen LogP contribution in [0.3, 0.4) is 0 Å². The van der Waals surface area contributed by atoms with Crippen LogP contribution in [0, 0.1) is 5.92 Å². The van der Waals surface area contributed by atoms with Gasteiger partial charge in [0.25, 0.3) is 0 Å². The summed E-state index contributed by atoms with van der Waals surface area (Å²) in [5.74, 6) is 0.714. The molecule has 0 amide bonds. The minimum absolute atomic E-state index is 0.714. The Hall–Kier alpha value is -0.680. The molecule has 2 aromatic rings. The molecule has 0 fully saturated rings. The number of hydrogen-bond donors (Lipinski definition) is 1. The lowest BCUT2D eigenvalue weighted by Crippen LogP contribution is -2.21. The van der Waals surface area contributed by atoms with Gasteiger partial charge in [-0.25, -0.2) is 0 Å². The summed E-state index contributed by atoms with van der Waals surface area (Å²) in [5.41, 5.74) is 0. The Bertz CT molecular complexity index is 503. The monoisotopic (exact) mass is 322 g/mol. The first-order valence-corrected chi connectivity index (χ1v) is 9.40. The molecule has 2 heterocycles. The third kappa shape index (κ3) is 5.91. The van der Waals surface area contributed by atoms with Crippen LogP contribution in [-0.4, -0.2) is 18.0 Å². The van der Waals surface area contributed by atoms with E-state index < -0.39 is 0 Å². The molecule has 21 heavy (non-hydrogen) atoms. The minimum atomic E-state index is 0.714. The molecule has 0 atom stereocenters. The fourth-order valence-corrected chi connectivity index (χ4v) is 3.99. The molecule has 1 N–H and O–H groups in total. The van der Waals surface area contributed by atoms with Crippen LogP contribution in [0.15, 0.2) is 29.6 Å². The molecule has 4 heteroatoms. The van der Waals surface area contributed by atoms with Gasteiger partial charge in [0, 0.05) is 34.3 Å². The van der Waals surface area contributed by atoms with E-state index in [0.717, 1.165) is 32.7 Å². The molecule has 0 unspecified atom stereocenters. The molecule has 0 saturated heterocycles. The Morgan fingerprint density at radius 2 is 1.86 bits per heavy atom. The third-order valence-corrected chi connectivity index (χ3v) is 5.29. The van der Waals surface area contributed by atoms with Gasteiger partial charge < -0.3 is 5.32 Å². The van der Waals surface area contributed by atoms with Crippen molar-refractivity contribution in [2.45, 2.75) is 40.4 Å². The number of hydrogen-bond acceptors (Lipinski definition) is 4. The van der Waals surface area contributed by atoms with E-state index in [1.165, 1.54) is 14.6 Å². The standard InChI is InChI=1S/C17H26N2S2/c1-4-19(12-16-6-5-9-20-16)13-17-8-7-15(21-17)11-18-10-14(2)3/h5-9,14,18H,4,10-13H2,1-3H3. The van der Waals surface area contributed by atoms with Crippen molar-refractivity contribution in [2.24, 2.45) is 5.92 Å². The summed E-state index contributed by atoms with van der Waals surface area (Å²) in [7, 11) is 0. The van der Waals surface area contributed by atoms with Crippen LogP contribution in [0.1, 0.15) is 35.4 Å². The van der Waals surface area contributed by atoms with Gasteiger partial charge in [0.15, 0.2) is 0 Å². The highest BCUT2D eigenvalue weighted by Crippen LogP contribution is 2.20. The first kappa shape index (κ1) is 16.7. The molecule has 2 rings (SSSR count). The van der Waals surface area contributed by atoms with Crippen LogP contribution in [0.5, 0.6) is 0 Å². The Balaban J connectivity index is 1.82. The number of thiophene rings is 2. The summed E-state index contributed by atoms with van der Waals surface area (Å²) >= 11 is 3.79. The van der Waals surface area contributed by atoms with Gasteiger partial charge in [-0.2, -0.15) is 0 Å². The van der Waals surface area contributed by atoms with Crippen LogP contribution >= 0.6 is 22.7 Å². The SMILES string of the molecule is CCN(Cc1cccs1)Cc1ccc(CNCC(C)C)s1. The summed E-state index contributed by atoms with van der Waals surface area (Å²) < 4.78 is 0. The van der Waals surface area contributed by atoms with Crippen LogP contribution in [0.2, 0.25) is 0 Å². The lowest BCUT2D eigenvalue weighted by atomic mass is 10.2. The van der Waals surface area contributed by atoms with Crippen molar-refractivity contribution in [3.05, 3.63) is 44.3 Å². The second-order valence-electron chi connectivity index (χ2n) is 5.78. The molecular weight excluding hydrogens is 296 g/mol. The molecule has 2 aromatic heterocycles. The largest absolute Gasteiger partial charge is 0.312 e. The highest BCUT2D eigenvalue weighted by molar-refractivity contribution is 7.12. The second kappa shape index (κ2) is 8.69. The van der Waals surface area contributed by atoms with Crippen LogP contribution in [0.4, 0.5) is 0 Å². The van der Waals surface area contributed by atoms with E-state index in [0.29, 0.717) is 5.92 Å². The maximum atomic E-state index is 3.52. The highest BCUT2D eigenvalue weighted by atomic mass is 32.1. The minimum Gasteiger partial charge on any atom is -0.312 e. The van der Waals surface area contributed by atoms with Gasteiger partial charge >= 0.3 is 0 Å². The number of rotatable bonds is 9. The van der Waals surface area contributed by atoms with Gasteiger partial charge in [0.1, 0.15) is 0 Å². The molecule has 0 aliphatic carbocycles. The van der Waals surface area contributed by atoms with Gasteiger partial charge in [0.05, 0.1) is 0 Å². The van der Waals surface area contributed by atoms with E-state index in [1.54, 1.807) is 0 Å². The average Bonchev–Trinajstić information content (AvgIpc) is 3.09. The van der Waals surface area contributed by atoms with Crippen molar-refractivity contribution in [1.29, 1.82) is 0 Å². The quantitative estimate of drug-likeness (QED) is 0.727. The fraction of sp³-hybridized carbons (Fsp3) is 0.529. The van der Waals surface area contributed by atoms with Gasteiger partial charge in [-0.05, 0) is 42.6 Å². The van der Waals surface area contributed by atoms with Gasteiger partial charge in [-0.3, -0.25) is 4.90 Å². The van der Waals surface area contributed by atoms with E-state index in [9.17, 15) is 0 Å². The fourth-order valence-electron chi connectivity index (χ4n) is 2.21. The first-order chi connectivity index (χ1) is 10.2. The molecule has 116 valence electrons. The van der Waals surface area contributed by atoms with Crippen molar-refractivity contribution in [2.75, 3.05) is 13.1 Å². The van der Waals surface area contributed by atoms with E-state index in [-0.39, 0.29) is 0 Å². The van der Waals surface area contributed by atoms with Crippen molar-refractivity contribution >= 4 is 22.7 Å². The summed E-state index contributed by atoms with van der Waals surface area (Å²) in [6.07, 6.45) is 0. The van der Waals surface area contributed by atoms with E-state index in [4.69, 9.17) is 0 Å². The molecule has 0 radical (unpaired) electrons. The molecule has 0 aromatic carbocycles. The Morgan fingerprint density at radius 3 is 2.52 bits per heavy atom. The molecule has 0 saturated carbocycles.